The molecule has 102 valence electrons. The Morgan fingerprint density at radius 1 is 1.15 bits per heavy atom. The van der Waals surface area contributed by atoms with Gasteiger partial charge in [0.15, 0.2) is 5.11 Å². The van der Waals surface area contributed by atoms with Crippen LogP contribution in [0.5, 0.6) is 5.75 Å². The smallest absolute Gasteiger partial charge is 0.191 e. The average molecular weight is 285 g/mol. The Morgan fingerprint density at radius 3 is 2.55 bits per heavy atom. The van der Waals surface area contributed by atoms with Gasteiger partial charge in [0.1, 0.15) is 5.75 Å². The fourth-order valence-corrected chi connectivity index (χ4v) is 1.72. The summed E-state index contributed by atoms with van der Waals surface area (Å²) >= 11 is 5.12. The zero-order valence-electron chi connectivity index (χ0n) is 11.0. The number of phenolic OH excluding ortho intramolecular Hbond substituents is 1. The van der Waals surface area contributed by atoms with Crippen molar-refractivity contribution in [2.24, 2.45) is 5.10 Å². The zero-order chi connectivity index (χ0) is 14.4. The number of rotatable bonds is 3. The van der Waals surface area contributed by atoms with Gasteiger partial charge in [0.05, 0.1) is 6.21 Å². The number of aromatic hydroxyl groups is 1. The maximum Gasteiger partial charge on any atom is 0.191 e. The first-order chi connectivity index (χ1) is 9.65. The van der Waals surface area contributed by atoms with E-state index in [1.807, 2.05) is 37.3 Å². The predicted molar refractivity (Wildman–Crippen MR) is 86.2 cm³/mol. The molecule has 2 rings (SSSR count). The number of anilines is 1. The third-order valence-corrected chi connectivity index (χ3v) is 2.81. The fraction of sp³-hybridized carbons (Fsp3) is 0.0667. The Bertz CT molecular complexity index is 623. The van der Waals surface area contributed by atoms with Crippen LogP contribution in [0, 0.1) is 6.92 Å². The molecule has 2 aromatic carbocycles. The van der Waals surface area contributed by atoms with Gasteiger partial charge in [-0.15, -0.1) is 0 Å². The molecule has 0 aromatic heterocycles. The van der Waals surface area contributed by atoms with Crippen LogP contribution in [-0.2, 0) is 0 Å². The molecule has 3 N–H and O–H groups in total. The van der Waals surface area contributed by atoms with Crippen LogP contribution in [0.1, 0.15) is 11.1 Å². The van der Waals surface area contributed by atoms with Crippen LogP contribution in [0.15, 0.2) is 53.6 Å². The van der Waals surface area contributed by atoms with E-state index in [1.54, 1.807) is 18.2 Å². The van der Waals surface area contributed by atoms with Crippen molar-refractivity contribution in [3.8, 4) is 5.75 Å². The molecule has 0 aliphatic carbocycles. The molecule has 0 fully saturated rings. The number of aryl methyl sites for hydroxylation is 1. The average Bonchev–Trinajstić information content (AvgIpc) is 2.43. The first-order valence-electron chi connectivity index (χ1n) is 6.10. The number of hydrazone groups is 1. The standard InChI is InChI=1S/C15H15N3OS/c1-11-6-8-13(9-7-11)17-15(20)18-16-10-12-4-2-3-5-14(12)19/h2-10,19H,1H3,(H2,17,18,20)/b16-10-. The summed E-state index contributed by atoms with van der Waals surface area (Å²) in [5.41, 5.74) is 5.40. The Kier molecular flexibility index (Phi) is 4.68. The molecule has 0 bridgehead atoms. The lowest BCUT2D eigenvalue weighted by Gasteiger charge is -2.07. The molecular formula is C15H15N3OS. The number of hydrogen-bond acceptors (Lipinski definition) is 3. The van der Waals surface area contributed by atoms with E-state index in [4.69, 9.17) is 12.2 Å². The second-order valence-corrected chi connectivity index (χ2v) is 4.66. The minimum atomic E-state index is 0.176. The number of nitrogens with zero attached hydrogens (tertiary/aromatic N) is 1. The minimum Gasteiger partial charge on any atom is -0.507 e. The largest absolute Gasteiger partial charge is 0.507 e. The summed E-state index contributed by atoms with van der Waals surface area (Å²) in [5, 5.41) is 17.0. The number of para-hydroxylation sites is 1. The first kappa shape index (κ1) is 14.0. The van der Waals surface area contributed by atoms with Gasteiger partial charge in [-0.2, -0.15) is 5.10 Å². The summed E-state index contributed by atoms with van der Waals surface area (Å²) in [6.07, 6.45) is 1.51. The van der Waals surface area contributed by atoms with Crippen LogP contribution in [0.2, 0.25) is 0 Å². The topological polar surface area (TPSA) is 56.7 Å². The second-order valence-electron chi connectivity index (χ2n) is 4.25. The number of phenols is 1. The van der Waals surface area contributed by atoms with Crippen LogP contribution >= 0.6 is 12.2 Å². The molecule has 0 saturated heterocycles. The van der Waals surface area contributed by atoms with Gasteiger partial charge in [0.2, 0.25) is 0 Å². The van der Waals surface area contributed by atoms with Crippen LogP contribution in [0.25, 0.3) is 0 Å². The lowest BCUT2D eigenvalue weighted by molar-refractivity contribution is 0.474. The van der Waals surface area contributed by atoms with E-state index < -0.39 is 0 Å². The number of hydrogen-bond donors (Lipinski definition) is 3. The van der Waals surface area contributed by atoms with Crippen molar-refractivity contribution >= 4 is 29.2 Å². The van der Waals surface area contributed by atoms with Gasteiger partial charge in [-0.3, -0.25) is 5.43 Å². The minimum absolute atomic E-state index is 0.176. The molecular weight excluding hydrogens is 270 g/mol. The van der Waals surface area contributed by atoms with E-state index in [1.165, 1.54) is 11.8 Å². The molecule has 0 amide bonds. The molecule has 2 aromatic rings. The Balaban J connectivity index is 1.89. The van der Waals surface area contributed by atoms with E-state index in [9.17, 15) is 5.11 Å². The van der Waals surface area contributed by atoms with E-state index in [0.29, 0.717) is 10.7 Å². The third kappa shape index (κ3) is 4.07. The van der Waals surface area contributed by atoms with Crippen LogP contribution in [0.3, 0.4) is 0 Å². The van der Waals surface area contributed by atoms with Gasteiger partial charge in [0, 0.05) is 11.3 Å². The van der Waals surface area contributed by atoms with Crippen molar-refractivity contribution < 1.29 is 5.11 Å². The van der Waals surface area contributed by atoms with Gasteiger partial charge in [0.25, 0.3) is 0 Å². The van der Waals surface area contributed by atoms with Gasteiger partial charge in [-0.05, 0) is 43.4 Å². The summed E-state index contributed by atoms with van der Waals surface area (Å²) < 4.78 is 0. The number of nitrogens with one attached hydrogen (secondary N) is 2. The second kappa shape index (κ2) is 6.68. The van der Waals surface area contributed by atoms with Crippen molar-refractivity contribution in [1.82, 2.24) is 5.43 Å². The molecule has 5 heteroatoms. The molecule has 20 heavy (non-hydrogen) atoms. The molecule has 0 saturated carbocycles. The molecule has 0 atom stereocenters. The molecule has 0 spiro atoms. The van der Waals surface area contributed by atoms with E-state index in [2.05, 4.69) is 15.8 Å². The van der Waals surface area contributed by atoms with Crippen molar-refractivity contribution in [2.45, 2.75) is 6.92 Å². The lowest BCUT2D eigenvalue weighted by Crippen LogP contribution is -2.23. The monoisotopic (exact) mass is 285 g/mol. The maximum atomic E-state index is 9.57. The van der Waals surface area contributed by atoms with Crippen LogP contribution in [0.4, 0.5) is 5.69 Å². The molecule has 0 heterocycles. The number of thiocarbonyl (C=S) groups is 1. The van der Waals surface area contributed by atoms with Crippen molar-refractivity contribution in [3.05, 3.63) is 59.7 Å². The van der Waals surface area contributed by atoms with Crippen molar-refractivity contribution in [1.29, 1.82) is 0 Å². The molecule has 0 aliphatic heterocycles. The van der Waals surface area contributed by atoms with Gasteiger partial charge >= 0.3 is 0 Å². The SMILES string of the molecule is Cc1ccc(NC(=S)N/N=C\c2ccccc2O)cc1. The molecule has 0 radical (unpaired) electrons. The Labute approximate surface area is 123 Å². The summed E-state index contributed by atoms with van der Waals surface area (Å²) in [5.74, 6) is 0.176. The zero-order valence-corrected chi connectivity index (χ0v) is 11.8. The summed E-state index contributed by atoms with van der Waals surface area (Å²) in [6, 6.07) is 14.8. The number of benzene rings is 2. The highest BCUT2D eigenvalue weighted by Crippen LogP contribution is 2.12. The Hall–Kier alpha value is -2.40. The normalized spacial score (nSPS) is 10.4. The molecule has 0 unspecified atom stereocenters. The van der Waals surface area contributed by atoms with Gasteiger partial charge in [-0.25, -0.2) is 0 Å². The van der Waals surface area contributed by atoms with Crippen molar-refractivity contribution in [2.75, 3.05) is 5.32 Å². The molecule has 0 aliphatic rings. The highest BCUT2D eigenvalue weighted by atomic mass is 32.1. The summed E-state index contributed by atoms with van der Waals surface area (Å²) in [6.45, 7) is 2.02. The van der Waals surface area contributed by atoms with E-state index in [-0.39, 0.29) is 5.75 Å². The van der Waals surface area contributed by atoms with Crippen molar-refractivity contribution in [3.63, 3.8) is 0 Å². The highest BCUT2D eigenvalue weighted by Gasteiger charge is 1.97. The van der Waals surface area contributed by atoms with Crippen LogP contribution < -0.4 is 10.7 Å². The van der Waals surface area contributed by atoms with E-state index in [0.717, 1.165) is 5.69 Å². The fourth-order valence-electron chi connectivity index (χ4n) is 1.55. The summed E-state index contributed by atoms with van der Waals surface area (Å²) in [4.78, 5) is 0. The van der Waals surface area contributed by atoms with E-state index >= 15 is 0 Å². The highest BCUT2D eigenvalue weighted by molar-refractivity contribution is 7.80. The summed E-state index contributed by atoms with van der Waals surface area (Å²) in [7, 11) is 0. The predicted octanol–water partition coefficient (Wildman–Crippen LogP) is 3.02. The quantitative estimate of drug-likeness (QED) is 0.461. The molecule has 4 nitrogen and oxygen atoms in total. The van der Waals surface area contributed by atoms with Gasteiger partial charge in [-0.1, -0.05) is 29.8 Å². The first-order valence-corrected chi connectivity index (χ1v) is 6.51. The Morgan fingerprint density at radius 2 is 1.85 bits per heavy atom. The van der Waals surface area contributed by atoms with Crippen LogP contribution in [-0.4, -0.2) is 16.4 Å². The maximum absolute atomic E-state index is 9.57. The van der Waals surface area contributed by atoms with Gasteiger partial charge < -0.3 is 10.4 Å². The lowest BCUT2D eigenvalue weighted by atomic mass is 10.2. The third-order valence-electron chi connectivity index (χ3n) is 2.62.